The maximum atomic E-state index is 12.2. The quantitative estimate of drug-likeness (QED) is 0.736. The molecule has 1 fully saturated rings. The average Bonchev–Trinajstić information content (AvgIpc) is 2.62. The summed E-state index contributed by atoms with van der Waals surface area (Å²) < 4.78 is 0. The molecular weight excluding hydrogens is 256 g/mol. The molecule has 20 heavy (non-hydrogen) atoms. The number of hydrogen-bond acceptors (Lipinski definition) is 2. The molecule has 5 nitrogen and oxygen atoms in total. The van der Waals surface area contributed by atoms with Gasteiger partial charge in [0.2, 0.25) is 0 Å². The van der Waals surface area contributed by atoms with Crippen molar-refractivity contribution in [1.82, 2.24) is 5.32 Å². The number of rotatable bonds is 1. The summed E-state index contributed by atoms with van der Waals surface area (Å²) >= 11 is 0. The van der Waals surface area contributed by atoms with Crippen molar-refractivity contribution in [2.45, 2.75) is 44.6 Å². The molecule has 0 unspecified atom stereocenters. The molecule has 1 aromatic carbocycles. The Hall–Kier alpha value is -2.04. The molecule has 1 aliphatic carbocycles. The molecule has 0 radical (unpaired) electrons. The minimum absolute atomic E-state index is 0.0266. The molecule has 0 aromatic heterocycles. The lowest BCUT2D eigenvalue weighted by Crippen LogP contribution is -2.40. The molecule has 0 bridgehead atoms. The normalized spacial score (nSPS) is 19.6. The zero-order valence-corrected chi connectivity index (χ0v) is 11.5. The minimum Gasteiger partial charge on any atom is -0.465 e. The highest BCUT2D eigenvalue weighted by atomic mass is 16.4. The Bertz CT molecular complexity index is 589. The van der Waals surface area contributed by atoms with Gasteiger partial charge in [-0.05, 0) is 43.0 Å². The lowest BCUT2D eigenvalue weighted by atomic mass is 9.77. The molecule has 1 saturated carbocycles. The Morgan fingerprint density at radius 3 is 2.65 bits per heavy atom. The largest absolute Gasteiger partial charge is 0.465 e. The lowest BCUT2D eigenvalue weighted by Gasteiger charge is -2.34. The molecule has 1 aliphatic heterocycles. The average molecular weight is 274 g/mol. The van der Waals surface area contributed by atoms with Crippen molar-refractivity contribution in [2.24, 2.45) is 0 Å². The van der Waals surface area contributed by atoms with Gasteiger partial charge in [0.25, 0.3) is 5.91 Å². The lowest BCUT2D eigenvalue weighted by molar-refractivity contribution is 0.0909. The number of amides is 2. The van der Waals surface area contributed by atoms with Crippen molar-refractivity contribution < 1.29 is 14.7 Å². The minimum atomic E-state index is -1.08. The Morgan fingerprint density at radius 2 is 2.00 bits per heavy atom. The monoisotopic (exact) mass is 274 g/mol. The first-order valence-corrected chi connectivity index (χ1v) is 6.99. The van der Waals surface area contributed by atoms with Gasteiger partial charge in [0.05, 0.1) is 5.54 Å². The number of anilines is 1. The van der Waals surface area contributed by atoms with Gasteiger partial charge < -0.3 is 10.4 Å². The number of carbonyl (C=O) groups excluding carboxylic acids is 1. The second-order valence-corrected chi connectivity index (χ2v) is 5.74. The van der Waals surface area contributed by atoms with Crippen LogP contribution in [0.1, 0.15) is 53.6 Å². The fourth-order valence-corrected chi connectivity index (χ4v) is 3.56. The van der Waals surface area contributed by atoms with Gasteiger partial charge >= 0.3 is 6.09 Å². The predicted octanol–water partition coefficient (Wildman–Crippen LogP) is 2.99. The van der Waals surface area contributed by atoms with E-state index in [-0.39, 0.29) is 11.4 Å². The molecule has 1 heterocycles. The van der Waals surface area contributed by atoms with E-state index in [1.54, 1.807) is 6.07 Å². The second-order valence-electron chi connectivity index (χ2n) is 5.74. The third-order valence-electron chi connectivity index (χ3n) is 4.39. The van der Waals surface area contributed by atoms with Gasteiger partial charge in [0.15, 0.2) is 0 Å². The van der Waals surface area contributed by atoms with E-state index >= 15 is 0 Å². The van der Waals surface area contributed by atoms with E-state index in [0.29, 0.717) is 5.69 Å². The standard InChI is InChI=1S/C15H18N2O3/c1-9-7-10(16-14(19)20)8-11-12(9)13(18)17-15(11)5-3-2-4-6-15/h7-8,16H,2-6H2,1H3,(H,17,18)(H,19,20). The number of carboxylic acid groups (broad SMARTS) is 1. The summed E-state index contributed by atoms with van der Waals surface area (Å²) in [5.74, 6) is -0.0266. The third-order valence-corrected chi connectivity index (χ3v) is 4.39. The van der Waals surface area contributed by atoms with E-state index in [0.717, 1.165) is 42.4 Å². The molecule has 0 atom stereocenters. The maximum absolute atomic E-state index is 12.2. The van der Waals surface area contributed by atoms with E-state index in [1.807, 2.05) is 13.0 Å². The number of benzene rings is 1. The summed E-state index contributed by atoms with van der Waals surface area (Å²) in [7, 11) is 0. The summed E-state index contributed by atoms with van der Waals surface area (Å²) in [4.78, 5) is 23.1. The summed E-state index contributed by atoms with van der Waals surface area (Å²) in [5, 5.41) is 14.4. The van der Waals surface area contributed by atoms with Crippen LogP contribution in [0, 0.1) is 6.92 Å². The van der Waals surface area contributed by atoms with Crippen LogP contribution in [0.25, 0.3) is 0 Å². The van der Waals surface area contributed by atoms with Gasteiger partial charge in [-0.1, -0.05) is 19.3 Å². The Balaban J connectivity index is 2.10. The van der Waals surface area contributed by atoms with Crippen LogP contribution in [-0.2, 0) is 5.54 Å². The third kappa shape index (κ3) is 1.94. The first-order valence-electron chi connectivity index (χ1n) is 6.99. The SMILES string of the molecule is Cc1cc(NC(=O)O)cc2c1C(=O)NC21CCCCC1. The number of nitrogens with one attached hydrogen (secondary N) is 2. The fraction of sp³-hybridized carbons (Fsp3) is 0.467. The summed E-state index contributed by atoms with van der Waals surface area (Å²) in [6, 6.07) is 3.54. The zero-order chi connectivity index (χ0) is 14.3. The van der Waals surface area contributed by atoms with Crippen molar-refractivity contribution in [3.63, 3.8) is 0 Å². The number of carbonyl (C=O) groups is 2. The van der Waals surface area contributed by atoms with Gasteiger partial charge in [-0.3, -0.25) is 10.1 Å². The van der Waals surface area contributed by atoms with Crippen molar-refractivity contribution in [3.05, 3.63) is 28.8 Å². The van der Waals surface area contributed by atoms with Crippen LogP contribution in [0.3, 0.4) is 0 Å². The second kappa shape index (κ2) is 4.51. The molecule has 2 amide bonds. The van der Waals surface area contributed by atoms with Gasteiger partial charge in [-0.15, -0.1) is 0 Å². The van der Waals surface area contributed by atoms with E-state index in [2.05, 4.69) is 10.6 Å². The number of aryl methyl sites for hydroxylation is 1. The van der Waals surface area contributed by atoms with Gasteiger partial charge in [0.1, 0.15) is 0 Å². The molecule has 3 N–H and O–H groups in total. The van der Waals surface area contributed by atoms with Crippen LogP contribution in [-0.4, -0.2) is 17.1 Å². The van der Waals surface area contributed by atoms with Gasteiger partial charge in [0, 0.05) is 11.3 Å². The molecule has 3 rings (SSSR count). The molecule has 1 spiro atoms. The van der Waals surface area contributed by atoms with Crippen LogP contribution >= 0.6 is 0 Å². The van der Waals surface area contributed by atoms with Crippen molar-refractivity contribution in [3.8, 4) is 0 Å². The Morgan fingerprint density at radius 1 is 1.30 bits per heavy atom. The smallest absolute Gasteiger partial charge is 0.409 e. The van der Waals surface area contributed by atoms with Gasteiger partial charge in [-0.25, -0.2) is 4.79 Å². The molecule has 5 heteroatoms. The summed E-state index contributed by atoms with van der Waals surface area (Å²) in [6.07, 6.45) is 4.16. The van der Waals surface area contributed by atoms with Gasteiger partial charge in [-0.2, -0.15) is 0 Å². The molecule has 2 aliphatic rings. The zero-order valence-electron chi connectivity index (χ0n) is 11.5. The van der Waals surface area contributed by atoms with Crippen molar-refractivity contribution in [1.29, 1.82) is 0 Å². The molecule has 106 valence electrons. The highest BCUT2D eigenvalue weighted by Gasteiger charge is 2.44. The predicted molar refractivity (Wildman–Crippen MR) is 75.1 cm³/mol. The van der Waals surface area contributed by atoms with E-state index in [4.69, 9.17) is 5.11 Å². The van der Waals surface area contributed by atoms with Crippen LogP contribution in [0.2, 0.25) is 0 Å². The number of fused-ring (bicyclic) bond motifs is 2. The van der Waals surface area contributed by atoms with E-state index in [9.17, 15) is 9.59 Å². The molecular formula is C15H18N2O3. The van der Waals surface area contributed by atoms with Crippen molar-refractivity contribution in [2.75, 3.05) is 5.32 Å². The van der Waals surface area contributed by atoms with Crippen molar-refractivity contribution >= 4 is 17.7 Å². The first-order chi connectivity index (χ1) is 9.52. The van der Waals surface area contributed by atoms with Crippen LogP contribution in [0.15, 0.2) is 12.1 Å². The topological polar surface area (TPSA) is 78.4 Å². The van der Waals surface area contributed by atoms with Crippen LogP contribution < -0.4 is 10.6 Å². The molecule has 0 saturated heterocycles. The Labute approximate surface area is 117 Å². The molecule has 1 aromatic rings. The summed E-state index contributed by atoms with van der Waals surface area (Å²) in [6.45, 7) is 1.85. The maximum Gasteiger partial charge on any atom is 0.409 e. The highest BCUT2D eigenvalue weighted by Crippen LogP contribution is 2.44. The van der Waals surface area contributed by atoms with E-state index in [1.165, 1.54) is 6.42 Å². The highest BCUT2D eigenvalue weighted by molar-refractivity contribution is 6.02. The Kier molecular flexibility index (Phi) is 2.92. The summed E-state index contributed by atoms with van der Waals surface area (Å²) in [5.41, 5.74) is 2.77. The van der Waals surface area contributed by atoms with Crippen LogP contribution in [0.5, 0.6) is 0 Å². The fourth-order valence-electron chi connectivity index (χ4n) is 3.56. The van der Waals surface area contributed by atoms with E-state index < -0.39 is 6.09 Å². The van der Waals surface area contributed by atoms with Crippen LogP contribution in [0.4, 0.5) is 10.5 Å². The number of hydrogen-bond donors (Lipinski definition) is 3. The first kappa shape index (κ1) is 13.0.